The Hall–Kier alpha value is -0.580. The molecule has 1 aliphatic heterocycles. The highest BCUT2D eigenvalue weighted by atomic mass is 35.5. The van der Waals surface area contributed by atoms with Crippen molar-refractivity contribution in [3.63, 3.8) is 0 Å². The lowest BCUT2D eigenvalue weighted by molar-refractivity contribution is 0.139. The van der Waals surface area contributed by atoms with Crippen molar-refractivity contribution in [2.75, 3.05) is 13.1 Å². The van der Waals surface area contributed by atoms with Crippen molar-refractivity contribution in [1.29, 1.82) is 0 Å². The molecule has 2 atom stereocenters. The van der Waals surface area contributed by atoms with Gasteiger partial charge in [-0.15, -0.1) is 12.4 Å². The predicted molar refractivity (Wildman–Crippen MR) is 81.8 cm³/mol. The summed E-state index contributed by atoms with van der Waals surface area (Å²) in [4.78, 5) is 2.53. The van der Waals surface area contributed by atoms with Gasteiger partial charge >= 0.3 is 0 Å². The lowest BCUT2D eigenvalue weighted by Gasteiger charge is -2.37. The number of aromatic nitrogens is 2. The van der Waals surface area contributed by atoms with Gasteiger partial charge in [0.05, 0.1) is 11.7 Å². The van der Waals surface area contributed by atoms with Gasteiger partial charge in [-0.25, -0.2) is 0 Å². The molecule has 0 spiro atoms. The minimum Gasteiger partial charge on any atom is -0.311 e. The number of piperazine rings is 1. The summed E-state index contributed by atoms with van der Waals surface area (Å²) in [6, 6.07) is 1.18. The highest BCUT2D eigenvalue weighted by molar-refractivity contribution is 5.85. The standard InChI is InChI=1S/C14H26N4.ClH/c1-11-8-17(12(2)6-15-11)9-13-7-16-18(10-13)14(3,4)5;/h7,10-12,15H,6,8-9H2,1-5H3;1H. The second-order valence-corrected chi connectivity index (χ2v) is 6.55. The smallest absolute Gasteiger partial charge is 0.0543 e. The lowest BCUT2D eigenvalue weighted by atomic mass is 10.1. The van der Waals surface area contributed by atoms with Crippen LogP contribution < -0.4 is 5.32 Å². The minimum absolute atomic E-state index is 0. The van der Waals surface area contributed by atoms with Crippen molar-refractivity contribution >= 4 is 12.4 Å². The summed E-state index contributed by atoms with van der Waals surface area (Å²) in [5, 5.41) is 7.99. The maximum absolute atomic E-state index is 4.47. The maximum atomic E-state index is 4.47. The van der Waals surface area contributed by atoms with Crippen LogP contribution in [0.4, 0.5) is 0 Å². The molecule has 0 aromatic carbocycles. The fourth-order valence-corrected chi connectivity index (χ4v) is 2.36. The molecular formula is C14H27ClN4. The Morgan fingerprint density at radius 1 is 1.37 bits per heavy atom. The van der Waals surface area contributed by atoms with Crippen molar-refractivity contribution in [2.24, 2.45) is 0 Å². The van der Waals surface area contributed by atoms with Crippen LogP contribution in [0.2, 0.25) is 0 Å². The van der Waals surface area contributed by atoms with Crippen LogP contribution in [-0.4, -0.2) is 39.9 Å². The molecule has 1 fully saturated rings. The van der Waals surface area contributed by atoms with Gasteiger partial charge in [0.25, 0.3) is 0 Å². The van der Waals surface area contributed by atoms with Crippen LogP contribution in [-0.2, 0) is 12.1 Å². The van der Waals surface area contributed by atoms with E-state index >= 15 is 0 Å². The quantitative estimate of drug-likeness (QED) is 0.905. The Morgan fingerprint density at radius 3 is 2.63 bits per heavy atom. The number of halogens is 1. The van der Waals surface area contributed by atoms with Gasteiger partial charge in [0.15, 0.2) is 0 Å². The Bertz CT molecular complexity index is 396. The first kappa shape index (κ1) is 16.5. The van der Waals surface area contributed by atoms with Crippen LogP contribution in [0.5, 0.6) is 0 Å². The molecule has 0 radical (unpaired) electrons. The fourth-order valence-electron chi connectivity index (χ4n) is 2.36. The number of nitrogens with one attached hydrogen (secondary N) is 1. The number of hydrogen-bond donors (Lipinski definition) is 1. The molecule has 19 heavy (non-hydrogen) atoms. The molecule has 2 rings (SSSR count). The van der Waals surface area contributed by atoms with Crippen molar-refractivity contribution in [3.05, 3.63) is 18.0 Å². The Morgan fingerprint density at radius 2 is 2.05 bits per heavy atom. The summed E-state index contributed by atoms with van der Waals surface area (Å²) in [6.07, 6.45) is 4.18. The van der Waals surface area contributed by atoms with Gasteiger partial charge in [-0.1, -0.05) is 0 Å². The van der Waals surface area contributed by atoms with E-state index in [2.05, 4.69) is 60.8 Å². The molecule has 5 heteroatoms. The van der Waals surface area contributed by atoms with Crippen LogP contribution >= 0.6 is 12.4 Å². The second kappa shape index (κ2) is 6.25. The number of nitrogens with zero attached hydrogens (tertiary/aromatic N) is 3. The summed E-state index contributed by atoms with van der Waals surface area (Å²) < 4.78 is 2.05. The molecule has 4 nitrogen and oxygen atoms in total. The second-order valence-electron chi connectivity index (χ2n) is 6.55. The first-order valence-corrected chi connectivity index (χ1v) is 6.87. The van der Waals surface area contributed by atoms with Crippen molar-refractivity contribution < 1.29 is 0 Å². The molecule has 0 saturated carbocycles. The van der Waals surface area contributed by atoms with Crippen molar-refractivity contribution in [3.8, 4) is 0 Å². The SMILES string of the molecule is CC1CN(Cc2cnn(C(C)(C)C)c2)C(C)CN1.Cl. The zero-order chi connectivity index (χ0) is 13.3. The third kappa shape index (κ3) is 4.20. The zero-order valence-corrected chi connectivity index (χ0v) is 13.5. The molecule has 1 aromatic heterocycles. The van der Waals surface area contributed by atoms with Gasteiger partial charge in [-0.2, -0.15) is 5.10 Å². The summed E-state index contributed by atoms with van der Waals surface area (Å²) in [5.74, 6) is 0. The van der Waals surface area contributed by atoms with E-state index in [0.717, 1.165) is 19.6 Å². The number of hydrogen-bond acceptors (Lipinski definition) is 3. The minimum atomic E-state index is 0. The third-order valence-corrected chi connectivity index (χ3v) is 3.60. The average molecular weight is 287 g/mol. The van der Waals surface area contributed by atoms with E-state index in [0.29, 0.717) is 12.1 Å². The van der Waals surface area contributed by atoms with E-state index in [1.54, 1.807) is 0 Å². The van der Waals surface area contributed by atoms with E-state index in [1.165, 1.54) is 5.56 Å². The topological polar surface area (TPSA) is 33.1 Å². The highest BCUT2D eigenvalue weighted by Crippen LogP contribution is 2.16. The summed E-state index contributed by atoms with van der Waals surface area (Å²) in [6.45, 7) is 14.3. The normalized spacial score (nSPS) is 25.1. The lowest BCUT2D eigenvalue weighted by Crippen LogP contribution is -2.53. The summed E-state index contributed by atoms with van der Waals surface area (Å²) in [7, 11) is 0. The molecule has 1 N–H and O–H groups in total. The maximum Gasteiger partial charge on any atom is 0.0543 e. The first-order valence-electron chi connectivity index (χ1n) is 6.87. The molecule has 0 bridgehead atoms. The zero-order valence-electron chi connectivity index (χ0n) is 12.7. The largest absolute Gasteiger partial charge is 0.311 e. The predicted octanol–water partition coefficient (Wildman–Crippen LogP) is 2.24. The summed E-state index contributed by atoms with van der Waals surface area (Å²) >= 11 is 0. The molecule has 110 valence electrons. The van der Waals surface area contributed by atoms with E-state index < -0.39 is 0 Å². The van der Waals surface area contributed by atoms with Gasteiger partial charge < -0.3 is 5.32 Å². The molecule has 1 saturated heterocycles. The molecule has 2 heterocycles. The molecule has 2 unspecified atom stereocenters. The van der Waals surface area contributed by atoms with E-state index in [1.807, 2.05) is 6.20 Å². The fraction of sp³-hybridized carbons (Fsp3) is 0.786. The molecule has 1 aromatic rings. The monoisotopic (exact) mass is 286 g/mol. The van der Waals surface area contributed by atoms with Gasteiger partial charge in [0.1, 0.15) is 0 Å². The highest BCUT2D eigenvalue weighted by Gasteiger charge is 2.23. The van der Waals surface area contributed by atoms with Gasteiger partial charge in [0.2, 0.25) is 0 Å². The van der Waals surface area contributed by atoms with Crippen LogP contribution in [0, 0.1) is 0 Å². The average Bonchev–Trinajstić information content (AvgIpc) is 2.71. The van der Waals surface area contributed by atoms with Gasteiger partial charge in [-0.05, 0) is 34.6 Å². The number of rotatable bonds is 2. The molecule has 1 aliphatic rings. The van der Waals surface area contributed by atoms with Gasteiger partial charge in [0, 0.05) is 43.5 Å². The summed E-state index contributed by atoms with van der Waals surface area (Å²) in [5.41, 5.74) is 1.38. The Kier molecular flexibility index (Phi) is 5.42. The molecular weight excluding hydrogens is 260 g/mol. The first-order chi connectivity index (χ1) is 8.36. The van der Waals surface area contributed by atoms with Crippen LogP contribution in [0.1, 0.15) is 40.2 Å². The Balaban J connectivity index is 0.00000180. The van der Waals surface area contributed by atoms with Gasteiger partial charge in [-0.3, -0.25) is 9.58 Å². The molecule has 0 aliphatic carbocycles. The molecule has 0 amide bonds. The van der Waals surface area contributed by atoms with E-state index in [-0.39, 0.29) is 17.9 Å². The van der Waals surface area contributed by atoms with Crippen molar-refractivity contribution in [2.45, 2.75) is 58.8 Å². The van der Waals surface area contributed by atoms with Crippen LogP contribution in [0.3, 0.4) is 0 Å². The third-order valence-electron chi connectivity index (χ3n) is 3.60. The van der Waals surface area contributed by atoms with Crippen LogP contribution in [0.15, 0.2) is 12.4 Å². The van der Waals surface area contributed by atoms with Crippen molar-refractivity contribution in [1.82, 2.24) is 20.0 Å². The van der Waals surface area contributed by atoms with Crippen LogP contribution in [0.25, 0.3) is 0 Å². The Labute approximate surface area is 123 Å². The van der Waals surface area contributed by atoms with E-state index in [9.17, 15) is 0 Å². The van der Waals surface area contributed by atoms with E-state index in [4.69, 9.17) is 0 Å².